The van der Waals surface area contributed by atoms with Gasteiger partial charge in [0.15, 0.2) is 0 Å². The van der Waals surface area contributed by atoms with E-state index in [-0.39, 0.29) is 29.4 Å². The summed E-state index contributed by atoms with van der Waals surface area (Å²) < 4.78 is 13.4. The summed E-state index contributed by atoms with van der Waals surface area (Å²) in [4.78, 5) is 18.7. The number of nitrogens with zero attached hydrogens (tertiary/aromatic N) is 1. The fraction of sp³-hybridized carbons (Fsp3) is 0.261. The van der Waals surface area contributed by atoms with Crippen LogP contribution in [0.5, 0.6) is 0 Å². The van der Waals surface area contributed by atoms with Crippen LogP contribution in [0, 0.1) is 5.82 Å². The second-order valence-electron chi connectivity index (χ2n) is 7.67. The van der Waals surface area contributed by atoms with Gasteiger partial charge >= 0.3 is 0 Å². The van der Waals surface area contributed by atoms with Crippen molar-refractivity contribution in [2.75, 3.05) is 6.54 Å². The van der Waals surface area contributed by atoms with Gasteiger partial charge in [-0.25, -0.2) is 4.39 Å². The third kappa shape index (κ3) is 2.46. The predicted molar refractivity (Wildman–Crippen MR) is 106 cm³/mol. The van der Waals surface area contributed by atoms with Crippen molar-refractivity contribution in [3.05, 3.63) is 82.5 Å². The zero-order chi connectivity index (χ0) is 19.4. The van der Waals surface area contributed by atoms with Gasteiger partial charge in [-0.05, 0) is 49.1 Å². The van der Waals surface area contributed by atoms with Gasteiger partial charge in [0.2, 0.25) is 0 Å². The molecule has 0 bridgehead atoms. The number of hydrogen-bond donors (Lipinski definition) is 2. The highest BCUT2D eigenvalue weighted by molar-refractivity contribution is 5.97. The average molecular weight is 376 g/mol. The number of nitrogens with one attached hydrogen (secondary N) is 1. The Morgan fingerprint density at radius 3 is 2.68 bits per heavy atom. The number of piperidine rings is 1. The molecule has 0 aliphatic carbocycles. The normalized spacial score (nSPS) is 23.5. The van der Waals surface area contributed by atoms with E-state index in [1.54, 1.807) is 19.1 Å². The lowest BCUT2D eigenvalue weighted by Gasteiger charge is -2.43. The molecule has 2 aliphatic rings. The first-order valence-corrected chi connectivity index (χ1v) is 9.60. The number of rotatable bonds is 1. The van der Waals surface area contributed by atoms with Crippen molar-refractivity contribution in [2.24, 2.45) is 0 Å². The molecule has 0 spiro atoms. The topological polar surface area (TPSA) is 56.3 Å². The average Bonchev–Trinajstić information content (AvgIpc) is 3.07. The van der Waals surface area contributed by atoms with Crippen molar-refractivity contribution in [1.82, 2.24) is 9.88 Å². The van der Waals surface area contributed by atoms with Gasteiger partial charge in [-0.3, -0.25) is 4.79 Å². The first-order valence-electron chi connectivity index (χ1n) is 9.60. The highest BCUT2D eigenvalue weighted by Crippen LogP contribution is 2.47. The molecule has 0 radical (unpaired) electrons. The molecule has 2 aliphatic heterocycles. The van der Waals surface area contributed by atoms with E-state index in [2.05, 4.69) is 17.1 Å². The number of halogens is 1. The summed E-state index contributed by atoms with van der Waals surface area (Å²) in [7, 11) is 0. The minimum atomic E-state index is -0.311. The fourth-order valence-corrected chi connectivity index (χ4v) is 4.86. The lowest BCUT2D eigenvalue weighted by Crippen LogP contribution is -2.46. The Morgan fingerprint density at radius 2 is 1.93 bits per heavy atom. The summed E-state index contributed by atoms with van der Waals surface area (Å²) >= 11 is 0. The number of allylic oxidation sites excluding steroid dienone is 1. The number of hydrogen-bond acceptors (Lipinski definition) is 2. The molecule has 1 fully saturated rings. The smallest absolute Gasteiger partial charge is 0.254 e. The van der Waals surface area contributed by atoms with Crippen molar-refractivity contribution in [3.63, 3.8) is 0 Å². The van der Waals surface area contributed by atoms with Crippen LogP contribution in [0.2, 0.25) is 0 Å². The zero-order valence-corrected chi connectivity index (χ0v) is 15.6. The lowest BCUT2D eigenvalue weighted by atomic mass is 9.77. The largest absolute Gasteiger partial charge is 0.512 e. The number of fused-ring (bicyclic) bond motifs is 5. The van der Waals surface area contributed by atoms with Crippen LogP contribution in [0.3, 0.4) is 0 Å². The first kappa shape index (κ1) is 17.0. The minimum absolute atomic E-state index is 0.0419. The molecule has 142 valence electrons. The molecule has 5 rings (SSSR count). The molecule has 3 heterocycles. The summed E-state index contributed by atoms with van der Waals surface area (Å²) in [5.41, 5.74) is 4.71. The van der Waals surface area contributed by atoms with Crippen molar-refractivity contribution >= 4 is 16.8 Å². The molecule has 2 N–H and O–H groups in total. The Balaban J connectivity index is 1.64. The molecule has 4 nitrogen and oxygen atoms in total. The van der Waals surface area contributed by atoms with Crippen LogP contribution in [0.25, 0.3) is 10.9 Å². The maximum atomic E-state index is 13.4. The van der Waals surface area contributed by atoms with Gasteiger partial charge in [-0.2, -0.15) is 0 Å². The summed E-state index contributed by atoms with van der Waals surface area (Å²) in [6, 6.07) is 14.4. The summed E-state index contributed by atoms with van der Waals surface area (Å²) in [5, 5.41) is 11.5. The Labute approximate surface area is 162 Å². The Hall–Kier alpha value is -3.08. The van der Waals surface area contributed by atoms with Gasteiger partial charge in [-0.15, -0.1) is 0 Å². The van der Waals surface area contributed by atoms with Crippen molar-refractivity contribution < 1.29 is 14.3 Å². The Kier molecular flexibility index (Phi) is 3.79. The van der Waals surface area contributed by atoms with Gasteiger partial charge in [0.25, 0.3) is 5.91 Å². The maximum Gasteiger partial charge on any atom is 0.254 e. The number of para-hydroxylation sites is 1. The highest BCUT2D eigenvalue weighted by atomic mass is 19.1. The van der Waals surface area contributed by atoms with Crippen LogP contribution in [0.4, 0.5) is 4.39 Å². The molecule has 0 saturated carbocycles. The number of carbonyl (C=O) groups excluding carboxylic acids is 1. The van der Waals surface area contributed by atoms with Crippen LogP contribution in [0.1, 0.15) is 42.1 Å². The van der Waals surface area contributed by atoms with E-state index < -0.39 is 0 Å². The van der Waals surface area contributed by atoms with E-state index in [1.165, 1.54) is 23.1 Å². The number of aromatic nitrogens is 1. The lowest BCUT2D eigenvalue weighted by molar-refractivity contribution is -0.133. The van der Waals surface area contributed by atoms with Crippen molar-refractivity contribution in [2.45, 2.75) is 31.7 Å². The summed E-state index contributed by atoms with van der Waals surface area (Å²) in [5.74, 6) is -0.666. The summed E-state index contributed by atoms with van der Waals surface area (Å²) in [6.45, 7) is 2.19. The molecular weight excluding hydrogens is 355 g/mol. The standard InChI is InChI=1S/C23H21FN2O2/c1-13(27)21-18(14-6-8-15(24)9-7-14)12-20-22-17(10-11-26(20)23(21)28)16-4-2-3-5-19(16)25-22/h2-9,18,20,25,27H,10-12H2,1H3/b21-13-/t18-,20-/m0/s1. The van der Waals surface area contributed by atoms with E-state index >= 15 is 0 Å². The van der Waals surface area contributed by atoms with Crippen molar-refractivity contribution in [3.8, 4) is 0 Å². The molecule has 5 heteroatoms. The quantitative estimate of drug-likeness (QED) is 0.476. The maximum absolute atomic E-state index is 13.4. The van der Waals surface area contributed by atoms with Gasteiger partial charge in [0.1, 0.15) is 5.82 Å². The number of aromatic amines is 1. The molecule has 1 aromatic heterocycles. The minimum Gasteiger partial charge on any atom is -0.512 e. The van der Waals surface area contributed by atoms with Gasteiger partial charge in [-0.1, -0.05) is 30.3 Å². The second kappa shape index (κ2) is 6.23. The van der Waals surface area contributed by atoms with Gasteiger partial charge < -0.3 is 15.0 Å². The molecule has 28 heavy (non-hydrogen) atoms. The first-order chi connectivity index (χ1) is 13.5. The molecule has 1 amide bonds. The van der Waals surface area contributed by atoms with Crippen LogP contribution in [-0.4, -0.2) is 27.4 Å². The number of H-pyrrole nitrogens is 1. The monoisotopic (exact) mass is 376 g/mol. The third-order valence-corrected chi connectivity index (χ3v) is 6.12. The molecular formula is C23H21FN2O2. The Bertz CT molecular complexity index is 1110. The van der Waals surface area contributed by atoms with Crippen LogP contribution in [-0.2, 0) is 11.2 Å². The molecule has 2 atom stereocenters. The number of amides is 1. The third-order valence-electron chi connectivity index (χ3n) is 6.12. The SMILES string of the molecule is C/C(O)=C1/C(=O)N2CCc3c([nH]c4ccccc34)[C@@H]2C[C@H]1c1ccc(F)cc1. The predicted octanol–water partition coefficient (Wildman–Crippen LogP) is 4.75. The number of carbonyl (C=O) groups is 1. The fourth-order valence-electron chi connectivity index (χ4n) is 4.86. The molecule has 1 saturated heterocycles. The van der Waals surface area contributed by atoms with Gasteiger partial charge in [0.05, 0.1) is 17.4 Å². The van der Waals surface area contributed by atoms with E-state index in [0.29, 0.717) is 18.5 Å². The van der Waals surface area contributed by atoms with E-state index in [0.717, 1.165) is 23.2 Å². The zero-order valence-electron chi connectivity index (χ0n) is 15.6. The molecule has 3 aromatic rings. The van der Waals surface area contributed by atoms with Crippen LogP contribution < -0.4 is 0 Å². The van der Waals surface area contributed by atoms with Crippen molar-refractivity contribution in [1.29, 1.82) is 0 Å². The highest BCUT2D eigenvalue weighted by Gasteiger charge is 2.43. The number of aliphatic hydroxyl groups is 1. The van der Waals surface area contributed by atoms with Gasteiger partial charge in [0, 0.05) is 29.1 Å². The summed E-state index contributed by atoms with van der Waals surface area (Å²) in [6.07, 6.45) is 1.45. The van der Waals surface area contributed by atoms with E-state index in [4.69, 9.17) is 0 Å². The van der Waals surface area contributed by atoms with E-state index in [1.807, 2.05) is 17.0 Å². The van der Waals surface area contributed by atoms with E-state index in [9.17, 15) is 14.3 Å². The molecule has 2 aromatic carbocycles. The molecule has 0 unspecified atom stereocenters. The van der Waals surface area contributed by atoms with Crippen LogP contribution >= 0.6 is 0 Å². The number of aliphatic hydroxyl groups excluding tert-OH is 1. The second-order valence-corrected chi connectivity index (χ2v) is 7.67. The van der Waals surface area contributed by atoms with Crippen LogP contribution in [0.15, 0.2) is 59.9 Å². The Morgan fingerprint density at radius 1 is 1.18 bits per heavy atom. The number of benzene rings is 2.